The van der Waals surface area contributed by atoms with Gasteiger partial charge in [0, 0.05) is 12.6 Å². The summed E-state index contributed by atoms with van der Waals surface area (Å²) >= 11 is 1.35. The third-order valence-electron chi connectivity index (χ3n) is 6.54. The molecule has 2 amide bonds. The summed E-state index contributed by atoms with van der Waals surface area (Å²) in [7, 11) is 0. The SMILES string of the molecule is Cc1cc(NC(=O)C(C)SCC(=O)NCC23CC4CC(CC(C4)C2)C3)no1. The van der Waals surface area contributed by atoms with Crippen molar-refractivity contribution >= 4 is 29.4 Å². The van der Waals surface area contributed by atoms with E-state index in [9.17, 15) is 9.59 Å². The number of thioether (sulfide) groups is 1. The molecule has 6 nitrogen and oxygen atoms in total. The van der Waals surface area contributed by atoms with Gasteiger partial charge in [-0.2, -0.15) is 0 Å². The topological polar surface area (TPSA) is 84.2 Å². The summed E-state index contributed by atoms with van der Waals surface area (Å²) in [4.78, 5) is 24.5. The maximum Gasteiger partial charge on any atom is 0.238 e. The summed E-state index contributed by atoms with van der Waals surface area (Å²) in [5.74, 6) is 3.92. The molecule has 27 heavy (non-hydrogen) atoms. The number of amides is 2. The van der Waals surface area contributed by atoms with E-state index in [2.05, 4.69) is 15.8 Å². The highest BCUT2D eigenvalue weighted by molar-refractivity contribution is 8.01. The lowest BCUT2D eigenvalue weighted by Crippen LogP contribution is -2.51. The molecule has 148 valence electrons. The van der Waals surface area contributed by atoms with E-state index in [1.165, 1.54) is 50.3 Å². The molecule has 1 aromatic rings. The Bertz CT molecular complexity index is 682. The second-order valence-corrected chi connectivity index (χ2v) is 10.3. The van der Waals surface area contributed by atoms with Gasteiger partial charge in [0.2, 0.25) is 11.8 Å². The Labute approximate surface area is 164 Å². The number of rotatable bonds is 7. The zero-order valence-corrected chi connectivity index (χ0v) is 16.9. The van der Waals surface area contributed by atoms with Gasteiger partial charge < -0.3 is 15.2 Å². The van der Waals surface area contributed by atoms with Gasteiger partial charge in [0.15, 0.2) is 5.82 Å². The molecule has 0 spiro atoms. The number of hydrogen-bond donors (Lipinski definition) is 2. The van der Waals surface area contributed by atoms with E-state index < -0.39 is 0 Å². The molecular weight excluding hydrogens is 362 g/mol. The van der Waals surface area contributed by atoms with Gasteiger partial charge >= 0.3 is 0 Å². The van der Waals surface area contributed by atoms with E-state index >= 15 is 0 Å². The first-order chi connectivity index (χ1) is 12.9. The van der Waals surface area contributed by atoms with Crippen LogP contribution in [-0.4, -0.2) is 34.5 Å². The highest BCUT2D eigenvalue weighted by Gasteiger charge is 2.50. The third-order valence-corrected chi connectivity index (χ3v) is 7.68. The fourth-order valence-corrected chi connectivity index (χ4v) is 6.49. The highest BCUT2D eigenvalue weighted by Crippen LogP contribution is 2.59. The van der Waals surface area contributed by atoms with Gasteiger partial charge in [-0.15, -0.1) is 11.8 Å². The predicted octanol–water partition coefficient (Wildman–Crippen LogP) is 3.38. The van der Waals surface area contributed by atoms with Crippen molar-refractivity contribution < 1.29 is 14.1 Å². The lowest BCUT2D eigenvalue weighted by molar-refractivity contribution is -0.120. The normalized spacial score (nSPS) is 32.3. The molecule has 2 N–H and O–H groups in total. The van der Waals surface area contributed by atoms with Crippen molar-refractivity contribution in [2.24, 2.45) is 23.2 Å². The minimum Gasteiger partial charge on any atom is -0.360 e. The van der Waals surface area contributed by atoms with Crippen LogP contribution in [0.15, 0.2) is 10.6 Å². The molecule has 0 radical (unpaired) electrons. The van der Waals surface area contributed by atoms with Crippen LogP contribution in [0.2, 0.25) is 0 Å². The molecule has 1 aromatic heterocycles. The zero-order valence-electron chi connectivity index (χ0n) is 16.1. The summed E-state index contributed by atoms with van der Waals surface area (Å²) in [5.41, 5.74) is 0.350. The molecular formula is C20H29N3O3S. The Morgan fingerprint density at radius 1 is 1.26 bits per heavy atom. The third kappa shape index (κ3) is 4.33. The minimum absolute atomic E-state index is 0.0349. The van der Waals surface area contributed by atoms with Crippen molar-refractivity contribution in [3.63, 3.8) is 0 Å². The molecule has 4 bridgehead atoms. The predicted molar refractivity (Wildman–Crippen MR) is 105 cm³/mol. The molecule has 0 aliphatic heterocycles. The maximum absolute atomic E-state index is 12.3. The molecule has 1 atom stereocenters. The first-order valence-electron chi connectivity index (χ1n) is 10.0. The number of anilines is 1. The zero-order chi connectivity index (χ0) is 19.0. The first-order valence-corrected chi connectivity index (χ1v) is 11.1. The number of carbonyl (C=O) groups excluding carboxylic acids is 2. The van der Waals surface area contributed by atoms with E-state index in [0.29, 0.717) is 22.7 Å². The van der Waals surface area contributed by atoms with Crippen LogP contribution in [0.25, 0.3) is 0 Å². The van der Waals surface area contributed by atoms with Gasteiger partial charge in [0.1, 0.15) is 5.76 Å². The Morgan fingerprint density at radius 2 is 1.89 bits per heavy atom. The van der Waals surface area contributed by atoms with Gasteiger partial charge in [0.05, 0.1) is 11.0 Å². The van der Waals surface area contributed by atoms with Crippen molar-refractivity contribution in [3.8, 4) is 0 Å². The van der Waals surface area contributed by atoms with Crippen LogP contribution in [0.3, 0.4) is 0 Å². The number of hydrogen-bond acceptors (Lipinski definition) is 5. The highest BCUT2D eigenvalue weighted by atomic mass is 32.2. The van der Waals surface area contributed by atoms with Crippen molar-refractivity contribution in [1.29, 1.82) is 0 Å². The minimum atomic E-state index is -0.327. The van der Waals surface area contributed by atoms with Crippen LogP contribution < -0.4 is 10.6 Å². The van der Waals surface area contributed by atoms with E-state index in [4.69, 9.17) is 4.52 Å². The maximum atomic E-state index is 12.3. The molecule has 7 heteroatoms. The van der Waals surface area contributed by atoms with Gasteiger partial charge in [-0.25, -0.2) is 0 Å². The quantitative estimate of drug-likeness (QED) is 0.744. The standard InChI is InChI=1S/C20H29N3O3S/c1-12-3-17(23-26-12)22-19(25)13(2)27-10-18(24)21-11-20-7-14-4-15(8-20)6-16(5-14)9-20/h3,13-16H,4-11H2,1-2H3,(H,21,24)(H,22,23,25). The lowest BCUT2D eigenvalue weighted by Gasteiger charge is -2.56. The van der Waals surface area contributed by atoms with Crippen LogP contribution >= 0.6 is 11.8 Å². The average molecular weight is 392 g/mol. The number of aryl methyl sites for hydroxylation is 1. The molecule has 0 aromatic carbocycles. The summed E-state index contributed by atoms with van der Waals surface area (Å²) in [6.07, 6.45) is 8.13. The van der Waals surface area contributed by atoms with E-state index in [1.807, 2.05) is 0 Å². The lowest BCUT2D eigenvalue weighted by atomic mass is 9.49. The Hall–Kier alpha value is -1.50. The van der Waals surface area contributed by atoms with Crippen LogP contribution in [0.5, 0.6) is 0 Å². The van der Waals surface area contributed by atoms with Crippen LogP contribution in [0, 0.1) is 30.1 Å². The number of carbonyl (C=O) groups is 2. The molecule has 4 saturated carbocycles. The Kier molecular flexibility index (Phi) is 5.23. The van der Waals surface area contributed by atoms with Gasteiger partial charge in [-0.3, -0.25) is 9.59 Å². The van der Waals surface area contributed by atoms with Crippen LogP contribution in [0.1, 0.15) is 51.2 Å². The molecule has 4 aliphatic rings. The second-order valence-electron chi connectivity index (χ2n) is 8.96. The van der Waals surface area contributed by atoms with Gasteiger partial charge in [0.25, 0.3) is 0 Å². The monoisotopic (exact) mass is 391 g/mol. The fourth-order valence-electron chi connectivity index (χ4n) is 5.77. The Morgan fingerprint density at radius 3 is 2.44 bits per heavy atom. The molecule has 4 fully saturated rings. The summed E-state index contributed by atoms with van der Waals surface area (Å²) in [6, 6.07) is 1.67. The Balaban J connectivity index is 1.20. The summed E-state index contributed by atoms with van der Waals surface area (Å²) in [6.45, 7) is 4.39. The van der Waals surface area contributed by atoms with Crippen molar-refractivity contribution in [2.45, 2.75) is 57.6 Å². The van der Waals surface area contributed by atoms with Crippen molar-refractivity contribution in [3.05, 3.63) is 11.8 Å². The summed E-state index contributed by atoms with van der Waals surface area (Å²) < 4.78 is 4.94. The molecule has 1 heterocycles. The number of aromatic nitrogens is 1. The van der Waals surface area contributed by atoms with Crippen molar-refractivity contribution in [1.82, 2.24) is 10.5 Å². The van der Waals surface area contributed by atoms with Gasteiger partial charge in [-0.1, -0.05) is 5.16 Å². The fraction of sp³-hybridized carbons (Fsp3) is 0.750. The number of nitrogens with one attached hydrogen (secondary N) is 2. The van der Waals surface area contributed by atoms with Gasteiger partial charge in [-0.05, 0) is 75.5 Å². The molecule has 1 unspecified atom stereocenters. The molecule has 5 rings (SSSR count). The van der Waals surface area contributed by atoms with E-state index in [0.717, 1.165) is 24.3 Å². The van der Waals surface area contributed by atoms with Crippen LogP contribution in [-0.2, 0) is 9.59 Å². The number of nitrogens with zero attached hydrogens (tertiary/aromatic N) is 1. The largest absolute Gasteiger partial charge is 0.360 e. The molecule has 0 saturated heterocycles. The van der Waals surface area contributed by atoms with Crippen molar-refractivity contribution in [2.75, 3.05) is 17.6 Å². The average Bonchev–Trinajstić information content (AvgIpc) is 3.01. The first kappa shape index (κ1) is 18.8. The summed E-state index contributed by atoms with van der Waals surface area (Å²) in [5, 5.41) is 9.31. The van der Waals surface area contributed by atoms with E-state index in [1.54, 1.807) is 19.9 Å². The van der Waals surface area contributed by atoms with Crippen LogP contribution in [0.4, 0.5) is 5.82 Å². The smallest absolute Gasteiger partial charge is 0.238 e. The second kappa shape index (κ2) is 7.49. The van der Waals surface area contributed by atoms with E-state index in [-0.39, 0.29) is 17.1 Å². The molecule has 4 aliphatic carbocycles.